The maximum Gasteiger partial charge on any atom is 0.340 e. The summed E-state index contributed by atoms with van der Waals surface area (Å²) in [4.78, 5) is 11.8. The molecule has 1 rings (SSSR count). The third-order valence-electron chi connectivity index (χ3n) is 4.09. The molecule has 1 aromatic rings. The number of carbonyl (C=O) groups is 1. The van der Waals surface area contributed by atoms with Gasteiger partial charge in [-0.05, 0) is 24.5 Å². The molecule has 0 unspecified atom stereocenters. The standard InChI is InChI=1S/C20H33NO2/c1-17(2)13-9-7-5-3-4-6-8-12-16-23-20(22)18-14-10-11-15-19(18)21/h10-11,14-15,17H,3-9,12-13,16,21H2,1-2H3. The van der Waals surface area contributed by atoms with Crippen LogP contribution in [0.4, 0.5) is 5.69 Å². The molecule has 3 nitrogen and oxygen atoms in total. The van der Waals surface area contributed by atoms with Gasteiger partial charge in [0.15, 0.2) is 0 Å². The summed E-state index contributed by atoms with van der Waals surface area (Å²) in [7, 11) is 0. The van der Waals surface area contributed by atoms with E-state index in [9.17, 15) is 4.79 Å². The molecule has 0 amide bonds. The zero-order chi connectivity index (χ0) is 16.9. The van der Waals surface area contributed by atoms with Gasteiger partial charge >= 0.3 is 5.97 Å². The molecule has 0 atom stereocenters. The molecule has 0 saturated carbocycles. The van der Waals surface area contributed by atoms with Crippen molar-refractivity contribution in [2.24, 2.45) is 5.92 Å². The summed E-state index contributed by atoms with van der Waals surface area (Å²) in [5.41, 5.74) is 6.71. The van der Waals surface area contributed by atoms with E-state index in [1.807, 2.05) is 6.07 Å². The first-order valence-electron chi connectivity index (χ1n) is 9.13. The molecule has 0 spiro atoms. The lowest BCUT2D eigenvalue weighted by Gasteiger charge is -2.07. The SMILES string of the molecule is CC(C)CCCCCCCCCCOC(=O)c1ccccc1N. The fraction of sp³-hybridized carbons (Fsp3) is 0.650. The van der Waals surface area contributed by atoms with Gasteiger partial charge in [0.2, 0.25) is 0 Å². The molecule has 0 aromatic heterocycles. The van der Waals surface area contributed by atoms with Gasteiger partial charge in [-0.2, -0.15) is 0 Å². The topological polar surface area (TPSA) is 52.3 Å². The zero-order valence-corrected chi connectivity index (χ0v) is 14.9. The minimum Gasteiger partial charge on any atom is -0.462 e. The van der Waals surface area contributed by atoms with Crippen LogP contribution >= 0.6 is 0 Å². The minimum absolute atomic E-state index is 0.312. The molecule has 0 radical (unpaired) electrons. The second-order valence-corrected chi connectivity index (χ2v) is 6.73. The van der Waals surface area contributed by atoms with Gasteiger partial charge in [-0.3, -0.25) is 0 Å². The van der Waals surface area contributed by atoms with Crippen molar-refractivity contribution in [2.45, 2.75) is 71.6 Å². The highest BCUT2D eigenvalue weighted by Gasteiger charge is 2.09. The highest BCUT2D eigenvalue weighted by Crippen LogP contribution is 2.14. The van der Waals surface area contributed by atoms with Crippen LogP contribution in [-0.4, -0.2) is 12.6 Å². The summed E-state index contributed by atoms with van der Waals surface area (Å²) in [6, 6.07) is 7.04. The van der Waals surface area contributed by atoms with Crippen molar-refractivity contribution in [3.8, 4) is 0 Å². The minimum atomic E-state index is -0.312. The number of para-hydroxylation sites is 1. The number of nitrogen functional groups attached to an aromatic ring is 1. The first kappa shape index (κ1) is 19.5. The van der Waals surface area contributed by atoms with E-state index in [4.69, 9.17) is 10.5 Å². The fourth-order valence-electron chi connectivity index (χ4n) is 2.64. The first-order valence-corrected chi connectivity index (χ1v) is 9.13. The average Bonchev–Trinajstić information content (AvgIpc) is 2.52. The molecule has 0 aliphatic heterocycles. The van der Waals surface area contributed by atoms with Gasteiger partial charge in [0, 0.05) is 5.69 Å². The molecule has 0 saturated heterocycles. The quantitative estimate of drug-likeness (QED) is 0.310. The lowest BCUT2D eigenvalue weighted by atomic mass is 10.0. The van der Waals surface area contributed by atoms with E-state index >= 15 is 0 Å². The molecule has 0 aliphatic rings. The summed E-state index contributed by atoms with van der Waals surface area (Å²) in [5, 5.41) is 0. The van der Waals surface area contributed by atoms with Crippen LogP contribution in [0.2, 0.25) is 0 Å². The molecule has 23 heavy (non-hydrogen) atoms. The van der Waals surface area contributed by atoms with Gasteiger partial charge in [0.1, 0.15) is 0 Å². The number of carbonyl (C=O) groups excluding carboxylic acids is 1. The average molecular weight is 319 g/mol. The number of esters is 1. The summed E-state index contributed by atoms with van der Waals surface area (Å²) in [5.74, 6) is 0.525. The molecule has 1 aromatic carbocycles. The number of hydrogen-bond acceptors (Lipinski definition) is 3. The van der Waals surface area contributed by atoms with Crippen molar-refractivity contribution in [1.29, 1.82) is 0 Å². The number of ether oxygens (including phenoxy) is 1. The Kier molecular flexibility index (Phi) is 10.2. The van der Waals surface area contributed by atoms with Crippen LogP contribution in [-0.2, 0) is 4.74 Å². The molecule has 130 valence electrons. The zero-order valence-electron chi connectivity index (χ0n) is 14.9. The van der Waals surface area contributed by atoms with Crippen LogP contribution in [0, 0.1) is 5.92 Å². The third kappa shape index (κ3) is 9.27. The molecule has 3 heteroatoms. The number of unbranched alkanes of at least 4 members (excludes halogenated alkanes) is 7. The van der Waals surface area contributed by atoms with E-state index in [1.54, 1.807) is 18.2 Å². The van der Waals surface area contributed by atoms with Crippen LogP contribution < -0.4 is 5.73 Å². The van der Waals surface area contributed by atoms with Crippen molar-refractivity contribution in [1.82, 2.24) is 0 Å². The van der Waals surface area contributed by atoms with Gasteiger partial charge < -0.3 is 10.5 Å². The van der Waals surface area contributed by atoms with Crippen molar-refractivity contribution in [2.75, 3.05) is 12.3 Å². The largest absolute Gasteiger partial charge is 0.462 e. The number of benzene rings is 1. The Hall–Kier alpha value is -1.51. The van der Waals surface area contributed by atoms with Crippen molar-refractivity contribution >= 4 is 11.7 Å². The molecule has 2 N–H and O–H groups in total. The van der Waals surface area contributed by atoms with Crippen LogP contribution in [0.5, 0.6) is 0 Å². The predicted octanol–water partition coefficient (Wildman–Crippen LogP) is 5.59. The lowest BCUT2D eigenvalue weighted by molar-refractivity contribution is 0.0499. The Labute approximate surface area is 141 Å². The van der Waals surface area contributed by atoms with Gasteiger partial charge in [0.25, 0.3) is 0 Å². The lowest BCUT2D eigenvalue weighted by Crippen LogP contribution is -2.09. The van der Waals surface area contributed by atoms with Crippen molar-refractivity contribution < 1.29 is 9.53 Å². The summed E-state index contributed by atoms with van der Waals surface area (Å²) >= 11 is 0. The molecule has 0 fully saturated rings. The van der Waals surface area contributed by atoms with E-state index in [0.29, 0.717) is 17.9 Å². The maximum absolute atomic E-state index is 11.8. The van der Waals surface area contributed by atoms with Crippen molar-refractivity contribution in [3.63, 3.8) is 0 Å². The first-order chi connectivity index (χ1) is 11.1. The van der Waals surface area contributed by atoms with E-state index in [1.165, 1.54) is 44.9 Å². The number of rotatable bonds is 12. The van der Waals surface area contributed by atoms with Crippen LogP contribution in [0.1, 0.15) is 82.0 Å². The van der Waals surface area contributed by atoms with E-state index in [2.05, 4.69) is 13.8 Å². The summed E-state index contributed by atoms with van der Waals surface area (Å²) in [6.07, 6.45) is 11.4. The van der Waals surface area contributed by atoms with E-state index < -0.39 is 0 Å². The van der Waals surface area contributed by atoms with Gasteiger partial charge in [-0.25, -0.2) is 4.79 Å². The molecule has 0 bridgehead atoms. The molecular formula is C20H33NO2. The molecule has 0 aliphatic carbocycles. The highest BCUT2D eigenvalue weighted by atomic mass is 16.5. The van der Waals surface area contributed by atoms with Crippen molar-refractivity contribution in [3.05, 3.63) is 29.8 Å². The maximum atomic E-state index is 11.8. The van der Waals surface area contributed by atoms with Gasteiger partial charge in [-0.1, -0.05) is 77.3 Å². The Morgan fingerprint density at radius 1 is 0.957 bits per heavy atom. The Morgan fingerprint density at radius 2 is 1.52 bits per heavy atom. The molecule has 0 heterocycles. The normalized spacial score (nSPS) is 10.9. The van der Waals surface area contributed by atoms with Gasteiger partial charge in [0.05, 0.1) is 12.2 Å². The number of hydrogen-bond donors (Lipinski definition) is 1. The Balaban J connectivity index is 1.94. The smallest absolute Gasteiger partial charge is 0.340 e. The summed E-state index contributed by atoms with van der Waals surface area (Å²) < 4.78 is 5.27. The monoisotopic (exact) mass is 319 g/mol. The highest BCUT2D eigenvalue weighted by molar-refractivity contribution is 5.94. The number of nitrogens with two attached hydrogens (primary N) is 1. The number of anilines is 1. The van der Waals surface area contributed by atoms with Crippen LogP contribution in [0.15, 0.2) is 24.3 Å². The summed E-state index contributed by atoms with van der Waals surface area (Å²) in [6.45, 7) is 5.07. The molecular weight excluding hydrogens is 286 g/mol. The Morgan fingerprint density at radius 3 is 2.13 bits per heavy atom. The van der Waals surface area contributed by atoms with E-state index in [-0.39, 0.29) is 5.97 Å². The Bertz CT molecular complexity index is 443. The second kappa shape index (κ2) is 12.0. The van der Waals surface area contributed by atoms with Crippen LogP contribution in [0.25, 0.3) is 0 Å². The van der Waals surface area contributed by atoms with Gasteiger partial charge in [-0.15, -0.1) is 0 Å². The fourth-order valence-corrected chi connectivity index (χ4v) is 2.64. The second-order valence-electron chi connectivity index (χ2n) is 6.73. The van der Waals surface area contributed by atoms with E-state index in [0.717, 1.165) is 18.8 Å². The third-order valence-corrected chi connectivity index (χ3v) is 4.09. The predicted molar refractivity (Wildman–Crippen MR) is 97.5 cm³/mol. The van der Waals surface area contributed by atoms with Crippen LogP contribution in [0.3, 0.4) is 0 Å².